The van der Waals surface area contributed by atoms with E-state index in [1.54, 1.807) is 20.8 Å². The highest BCUT2D eigenvalue weighted by Gasteiger charge is 2.38. The number of halogens is 2. The molecule has 1 aromatic heterocycles. The number of hydrogen-bond donors (Lipinski definition) is 1. The van der Waals surface area contributed by atoms with Crippen LogP contribution in [-0.2, 0) is 27.7 Å². The Morgan fingerprint density at radius 2 is 1.95 bits per heavy atom. The Bertz CT molecular complexity index is 1390. The van der Waals surface area contributed by atoms with Gasteiger partial charge in [-0.25, -0.2) is 22.6 Å². The molecule has 0 bridgehead atoms. The van der Waals surface area contributed by atoms with Crippen LogP contribution in [0.5, 0.6) is 0 Å². The molecule has 1 aliphatic rings. The van der Waals surface area contributed by atoms with E-state index < -0.39 is 32.4 Å². The highest BCUT2D eigenvalue weighted by Crippen LogP contribution is 2.33. The maximum atomic E-state index is 15.3. The molecule has 0 saturated carbocycles. The first kappa shape index (κ1) is 28.3. The molecule has 8 nitrogen and oxygen atoms in total. The van der Waals surface area contributed by atoms with Crippen LogP contribution in [0.2, 0.25) is 5.02 Å². The minimum Gasteiger partial charge on any atom is -0.443 e. The van der Waals surface area contributed by atoms with Crippen LogP contribution in [0.3, 0.4) is 0 Å². The van der Waals surface area contributed by atoms with Gasteiger partial charge in [0.2, 0.25) is 0 Å². The maximum absolute atomic E-state index is 15.3. The first-order valence-electron chi connectivity index (χ1n) is 12.1. The molecule has 38 heavy (non-hydrogen) atoms. The number of hydrogen-bond acceptors (Lipinski definition) is 8. The standard InChI is InChI=1S/C26H30ClFN4O4S2/c1-26(2,3)36-25(33)32(24-16-37-17-30-24)38(34,35)23-13-20(27)22(14-21(23)28)29-15-19-8-5-4-7-18(19)9-12-31-10-6-11-31/h4-5,7-8,13-14,16-17,29H,6,9-12,15H2,1-3H3. The number of likely N-dealkylation sites (tertiary alicyclic amines) is 1. The zero-order valence-electron chi connectivity index (χ0n) is 21.4. The van der Waals surface area contributed by atoms with E-state index in [0.29, 0.717) is 10.8 Å². The van der Waals surface area contributed by atoms with Crippen molar-refractivity contribution in [2.45, 2.75) is 50.7 Å². The van der Waals surface area contributed by atoms with Gasteiger partial charge >= 0.3 is 6.09 Å². The van der Waals surface area contributed by atoms with E-state index in [1.165, 1.54) is 22.9 Å². The summed E-state index contributed by atoms with van der Waals surface area (Å²) in [6, 6.07) is 10.00. The molecule has 1 aliphatic heterocycles. The highest BCUT2D eigenvalue weighted by atomic mass is 35.5. The lowest BCUT2D eigenvalue weighted by Gasteiger charge is -2.30. The second-order valence-electron chi connectivity index (χ2n) is 9.93. The third-order valence-electron chi connectivity index (χ3n) is 5.96. The van der Waals surface area contributed by atoms with Gasteiger partial charge < -0.3 is 15.0 Å². The first-order chi connectivity index (χ1) is 18.0. The van der Waals surface area contributed by atoms with Gasteiger partial charge in [-0.05, 0) is 70.0 Å². The summed E-state index contributed by atoms with van der Waals surface area (Å²) in [7, 11) is -4.74. The third kappa shape index (κ3) is 6.63. The highest BCUT2D eigenvalue weighted by molar-refractivity contribution is 7.93. The summed E-state index contributed by atoms with van der Waals surface area (Å²) < 4.78 is 47.9. The number of sulfonamides is 1. The Kier molecular flexibility index (Phi) is 8.61. The number of aromatic nitrogens is 1. The number of ether oxygens (including phenoxy) is 1. The van der Waals surface area contributed by atoms with Crippen LogP contribution in [0, 0.1) is 5.82 Å². The maximum Gasteiger partial charge on any atom is 0.430 e. The van der Waals surface area contributed by atoms with Crippen LogP contribution in [0.1, 0.15) is 38.3 Å². The SMILES string of the molecule is CC(C)(C)OC(=O)N(c1cscn1)S(=O)(=O)c1cc(Cl)c(NCc2ccccc2CCN2CCC2)cc1F. The summed E-state index contributed by atoms with van der Waals surface area (Å²) in [5.74, 6) is -1.26. The van der Waals surface area contributed by atoms with Gasteiger partial charge in [-0.3, -0.25) is 0 Å². The molecule has 1 amide bonds. The molecule has 0 unspecified atom stereocenters. The largest absolute Gasteiger partial charge is 0.443 e. The normalized spacial score (nSPS) is 14.1. The van der Waals surface area contributed by atoms with E-state index in [-0.39, 0.29) is 16.5 Å². The number of carbonyl (C=O) groups is 1. The van der Waals surface area contributed by atoms with Gasteiger partial charge in [-0.2, -0.15) is 0 Å². The average molecular weight is 581 g/mol. The molecule has 204 valence electrons. The second-order valence-corrected chi connectivity index (χ2v) is 12.8. The summed E-state index contributed by atoms with van der Waals surface area (Å²) in [6.07, 6.45) is 0.933. The van der Waals surface area contributed by atoms with Crippen LogP contribution in [0.25, 0.3) is 0 Å². The van der Waals surface area contributed by atoms with Crippen molar-refractivity contribution in [1.29, 1.82) is 0 Å². The minimum absolute atomic E-state index is 0.00884. The predicted octanol–water partition coefficient (Wildman–Crippen LogP) is 5.93. The van der Waals surface area contributed by atoms with E-state index in [4.69, 9.17) is 16.3 Å². The Balaban J connectivity index is 1.57. The van der Waals surface area contributed by atoms with Crippen LogP contribution < -0.4 is 9.62 Å². The van der Waals surface area contributed by atoms with Gasteiger partial charge in [-0.15, -0.1) is 15.6 Å². The van der Waals surface area contributed by atoms with Gasteiger partial charge in [0.25, 0.3) is 10.0 Å². The van der Waals surface area contributed by atoms with E-state index in [0.717, 1.165) is 55.1 Å². The fourth-order valence-electron chi connectivity index (χ4n) is 3.93. The number of thiazole rings is 1. The average Bonchev–Trinajstić information content (AvgIpc) is 3.31. The van der Waals surface area contributed by atoms with Crippen molar-refractivity contribution in [3.63, 3.8) is 0 Å². The first-order valence-corrected chi connectivity index (χ1v) is 14.9. The summed E-state index contributed by atoms with van der Waals surface area (Å²) in [5.41, 5.74) is 2.83. The smallest absolute Gasteiger partial charge is 0.430 e. The molecule has 12 heteroatoms. The van der Waals surface area contributed by atoms with Crippen molar-refractivity contribution in [3.05, 3.63) is 69.3 Å². The van der Waals surface area contributed by atoms with Crippen molar-refractivity contribution >= 4 is 50.6 Å². The molecule has 0 spiro atoms. The Morgan fingerprint density at radius 3 is 2.55 bits per heavy atom. The summed E-state index contributed by atoms with van der Waals surface area (Å²) in [4.78, 5) is 18.4. The lowest BCUT2D eigenvalue weighted by Crippen LogP contribution is -2.41. The van der Waals surface area contributed by atoms with Crippen molar-refractivity contribution in [2.75, 3.05) is 29.3 Å². The van der Waals surface area contributed by atoms with E-state index >= 15 is 4.39 Å². The molecule has 1 saturated heterocycles. The quantitative estimate of drug-likeness (QED) is 0.335. The Morgan fingerprint density at radius 1 is 1.24 bits per heavy atom. The molecule has 0 aliphatic carbocycles. The van der Waals surface area contributed by atoms with E-state index in [1.807, 2.05) is 18.2 Å². The van der Waals surface area contributed by atoms with Crippen LogP contribution >= 0.6 is 22.9 Å². The van der Waals surface area contributed by atoms with Gasteiger partial charge in [0.05, 0.1) is 16.2 Å². The minimum atomic E-state index is -4.74. The number of anilines is 2. The fraction of sp³-hybridized carbons (Fsp3) is 0.385. The van der Waals surface area contributed by atoms with Gasteiger partial charge in [-0.1, -0.05) is 35.9 Å². The Hall–Kier alpha value is -2.73. The molecule has 0 atom stereocenters. The van der Waals surface area contributed by atoms with E-state index in [2.05, 4.69) is 21.3 Å². The number of carbonyl (C=O) groups excluding carboxylic acids is 1. The van der Waals surface area contributed by atoms with Crippen LogP contribution in [-0.4, -0.2) is 49.6 Å². The number of amides is 1. The van der Waals surface area contributed by atoms with E-state index in [9.17, 15) is 13.2 Å². The summed E-state index contributed by atoms with van der Waals surface area (Å²) in [6.45, 7) is 8.39. The van der Waals surface area contributed by atoms with Crippen molar-refractivity contribution in [3.8, 4) is 0 Å². The lowest BCUT2D eigenvalue weighted by atomic mass is 10.0. The summed E-state index contributed by atoms with van der Waals surface area (Å²) >= 11 is 7.49. The molecule has 4 rings (SSSR count). The number of nitrogens with zero attached hydrogens (tertiary/aromatic N) is 3. The molecule has 1 fully saturated rings. The number of rotatable bonds is 9. The Labute approximate surface area is 231 Å². The zero-order valence-corrected chi connectivity index (χ0v) is 23.8. The predicted molar refractivity (Wildman–Crippen MR) is 148 cm³/mol. The van der Waals surface area contributed by atoms with Crippen LogP contribution in [0.4, 0.5) is 20.7 Å². The molecule has 2 aromatic carbocycles. The summed E-state index contributed by atoms with van der Waals surface area (Å²) in [5, 5.41) is 4.47. The number of benzene rings is 2. The molecular weight excluding hydrogens is 551 g/mol. The topological polar surface area (TPSA) is 91.8 Å². The monoisotopic (exact) mass is 580 g/mol. The molecule has 2 heterocycles. The number of nitrogens with one attached hydrogen (secondary N) is 1. The molecular formula is C26H30ClFN4O4S2. The van der Waals surface area contributed by atoms with Crippen molar-refractivity contribution < 1.29 is 22.3 Å². The van der Waals surface area contributed by atoms with Gasteiger partial charge in [0.1, 0.15) is 16.3 Å². The molecule has 3 aromatic rings. The lowest BCUT2D eigenvalue weighted by molar-refractivity contribution is 0.0608. The zero-order chi connectivity index (χ0) is 27.5. The third-order valence-corrected chi connectivity index (χ3v) is 8.53. The fourth-order valence-corrected chi connectivity index (χ4v) is 6.16. The van der Waals surface area contributed by atoms with Crippen LogP contribution in [0.15, 0.2) is 52.2 Å². The van der Waals surface area contributed by atoms with Gasteiger partial charge in [0, 0.05) is 18.5 Å². The molecule has 1 N–H and O–H groups in total. The van der Waals surface area contributed by atoms with Crippen molar-refractivity contribution in [1.82, 2.24) is 9.88 Å². The second kappa shape index (κ2) is 11.6. The van der Waals surface area contributed by atoms with Gasteiger partial charge in [0.15, 0.2) is 5.82 Å². The molecule has 0 radical (unpaired) electrons. The van der Waals surface area contributed by atoms with Crippen molar-refractivity contribution in [2.24, 2.45) is 0 Å².